The summed E-state index contributed by atoms with van der Waals surface area (Å²) in [6.45, 7) is 1.68. The van der Waals surface area contributed by atoms with Crippen LogP contribution in [0, 0.1) is 28.7 Å². The van der Waals surface area contributed by atoms with E-state index < -0.39 is 49.7 Å². The fraction of sp³-hybridized carbons (Fsp3) is 0.267. The zero-order chi connectivity index (χ0) is 29.8. The van der Waals surface area contributed by atoms with Crippen molar-refractivity contribution in [3.8, 4) is 5.69 Å². The number of nitrogens with zero attached hydrogens (tertiary/aromatic N) is 4. The van der Waals surface area contributed by atoms with Gasteiger partial charge in [0.2, 0.25) is 10.0 Å². The number of halogens is 4. The van der Waals surface area contributed by atoms with Crippen molar-refractivity contribution in [3.05, 3.63) is 112 Å². The van der Waals surface area contributed by atoms with E-state index in [-0.39, 0.29) is 25.9 Å². The molecule has 4 aromatic rings. The number of hydrogen-bond acceptors (Lipinski definition) is 5. The van der Waals surface area contributed by atoms with Crippen LogP contribution in [0.2, 0.25) is 0 Å². The van der Waals surface area contributed by atoms with Gasteiger partial charge in [-0.3, -0.25) is 4.98 Å². The summed E-state index contributed by atoms with van der Waals surface area (Å²) in [7, 11) is -4.49. The molecule has 42 heavy (non-hydrogen) atoms. The molecule has 1 unspecified atom stereocenters. The lowest BCUT2D eigenvalue weighted by molar-refractivity contribution is 0.0187. The van der Waals surface area contributed by atoms with Gasteiger partial charge in [0, 0.05) is 24.7 Å². The van der Waals surface area contributed by atoms with Crippen LogP contribution >= 0.6 is 0 Å². The maximum atomic E-state index is 14.0. The van der Waals surface area contributed by atoms with Crippen LogP contribution in [0.15, 0.2) is 71.4 Å². The van der Waals surface area contributed by atoms with Crippen molar-refractivity contribution < 1.29 is 31.1 Å². The number of piperidine rings is 1. The molecule has 1 saturated heterocycles. The SMILES string of the molecule is CCc1ccnc(C(O)[C@]23Cc4cnn(-c5ccc(F)cc5)c4C=C2CCN(S(=O)(=O)c2cc(F)c(F)c(F)c2)C3)c1. The molecule has 1 N–H and O–H groups in total. The van der Waals surface area contributed by atoms with Gasteiger partial charge in [-0.1, -0.05) is 12.5 Å². The minimum atomic E-state index is -4.49. The first-order valence-corrected chi connectivity index (χ1v) is 14.8. The van der Waals surface area contributed by atoms with Crippen molar-refractivity contribution in [2.24, 2.45) is 5.41 Å². The molecule has 1 aliphatic heterocycles. The lowest BCUT2D eigenvalue weighted by Gasteiger charge is -2.48. The molecule has 0 spiro atoms. The molecule has 3 heterocycles. The molecular formula is C30H26F4N4O3S. The molecule has 0 radical (unpaired) electrons. The number of aliphatic hydroxyl groups is 1. The molecule has 7 nitrogen and oxygen atoms in total. The number of aryl methyl sites for hydroxylation is 1. The van der Waals surface area contributed by atoms with Gasteiger partial charge < -0.3 is 5.11 Å². The van der Waals surface area contributed by atoms with E-state index in [1.165, 1.54) is 12.1 Å². The Morgan fingerprint density at radius 2 is 1.76 bits per heavy atom. The van der Waals surface area contributed by atoms with E-state index in [1.54, 1.807) is 35.3 Å². The lowest BCUT2D eigenvalue weighted by Crippen LogP contribution is -2.52. The number of benzene rings is 2. The van der Waals surface area contributed by atoms with E-state index in [9.17, 15) is 31.1 Å². The van der Waals surface area contributed by atoms with Crippen LogP contribution in [-0.4, -0.2) is 45.7 Å². The summed E-state index contributed by atoms with van der Waals surface area (Å²) >= 11 is 0. The van der Waals surface area contributed by atoms with Crippen LogP contribution < -0.4 is 0 Å². The van der Waals surface area contributed by atoms with Gasteiger partial charge >= 0.3 is 0 Å². The van der Waals surface area contributed by atoms with E-state index in [0.717, 1.165) is 15.4 Å². The van der Waals surface area contributed by atoms with Crippen LogP contribution in [0.3, 0.4) is 0 Å². The van der Waals surface area contributed by atoms with Crippen LogP contribution in [-0.2, 0) is 22.9 Å². The topological polar surface area (TPSA) is 88.3 Å². The van der Waals surface area contributed by atoms with Gasteiger partial charge in [0.25, 0.3) is 0 Å². The van der Waals surface area contributed by atoms with Gasteiger partial charge in [0.15, 0.2) is 17.5 Å². The Morgan fingerprint density at radius 3 is 2.45 bits per heavy atom. The molecule has 0 amide bonds. The highest BCUT2D eigenvalue weighted by atomic mass is 32.2. The number of rotatable bonds is 6. The zero-order valence-electron chi connectivity index (χ0n) is 22.4. The number of fused-ring (bicyclic) bond motifs is 2. The van der Waals surface area contributed by atoms with Crippen LogP contribution in [0.25, 0.3) is 11.8 Å². The Kier molecular flexibility index (Phi) is 7.03. The largest absolute Gasteiger partial charge is 0.386 e. The first kappa shape index (κ1) is 28.3. The van der Waals surface area contributed by atoms with Crippen LogP contribution in [0.5, 0.6) is 0 Å². The lowest BCUT2D eigenvalue weighted by atomic mass is 9.64. The predicted molar refractivity (Wildman–Crippen MR) is 146 cm³/mol. The normalized spacial score (nSPS) is 19.6. The smallest absolute Gasteiger partial charge is 0.243 e. The van der Waals surface area contributed by atoms with Gasteiger partial charge in [-0.05, 0) is 85.0 Å². The minimum absolute atomic E-state index is 0.0499. The standard InChI is InChI=1S/C30H26F4N4O3S/c1-2-18-7-9-35-26(11-18)29(39)30-15-19-16-36-38(22-5-3-21(31)4-6-22)27(19)12-20(30)8-10-37(17-30)42(40,41)23-13-24(32)28(34)25(33)14-23/h3-7,9,11-14,16,29,39H,2,8,10,15,17H2,1H3/t29?,30-/m0/s1. The van der Waals surface area contributed by atoms with Crippen molar-refractivity contribution in [2.45, 2.75) is 37.2 Å². The molecule has 2 aromatic heterocycles. The number of hydrogen-bond donors (Lipinski definition) is 1. The molecule has 2 atom stereocenters. The Balaban J connectivity index is 1.46. The van der Waals surface area contributed by atoms with E-state index >= 15 is 0 Å². The van der Waals surface area contributed by atoms with Gasteiger partial charge in [0.05, 0.1) is 28.2 Å². The molecule has 218 valence electrons. The Labute approximate surface area is 239 Å². The average Bonchev–Trinajstić information content (AvgIpc) is 3.40. The molecule has 6 rings (SSSR count). The molecule has 0 saturated carbocycles. The molecule has 12 heteroatoms. The quantitative estimate of drug-likeness (QED) is 0.245. The summed E-state index contributed by atoms with van der Waals surface area (Å²) in [5.41, 5.74) is 2.89. The average molecular weight is 599 g/mol. The summed E-state index contributed by atoms with van der Waals surface area (Å²) < 4.78 is 85.3. The second-order valence-electron chi connectivity index (χ2n) is 10.6. The van der Waals surface area contributed by atoms with Crippen LogP contribution in [0.4, 0.5) is 17.6 Å². The fourth-order valence-electron chi connectivity index (χ4n) is 5.89. The van der Waals surface area contributed by atoms with Crippen molar-refractivity contribution in [3.63, 3.8) is 0 Å². The number of aliphatic hydroxyl groups excluding tert-OH is 1. The second-order valence-corrected chi connectivity index (χ2v) is 12.5. The summed E-state index contributed by atoms with van der Waals surface area (Å²) in [5, 5.41) is 16.4. The molecular weight excluding hydrogens is 572 g/mol. The number of sulfonamides is 1. The highest BCUT2D eigenvalue weighted by molar-refractivity contribution is 7.89. The van der Waals surface area contributed by atoms with E-state index in [1.807, 2.05) is 19.1 Å². The van der Waals surface area contributed by atoms with Crippen LogP contribution in [0.1, 0.15) is 42.0 Å². The van der Waals surface area contributed by atoms with Crippen molar-refractivity contribution in [2.75, 3.05) is 13.1 Å². The zero-order valence-corrected chi connectivity index (χ0v) is 23.3. The first-order chi connectivity index (χ1) is 20.0. The first-order valence-electron chi connectivity index (χ1n) is 13.3. The molecule has 2 aromatic carbocycles. The minimum Gasteiger partial charge on any atom is -0.386 e. The summed E-state index contributed by atoms with van der Waals surface area (Å²) in [6.07, 6.45) is 4.86. The van der Waals surface area contributed by atoms with Gasteiger partial charge in [-0.15, -0.1) is 0 Å². The van der Waals surface area contributed by atoms with Gasteiger partial charge in [-0.25, -0.2) is 30.7 Å². The Hall–Kier alpha value is -3.87. The fourth-order valence-corrected chi connectivity index (χ4v) is 7.43. The van der Waals surface area contributed by atoms with Gasteiger partial charge in [-0.2, -0.15) is 9.40 Å². The summed E-state index contributed by atoms with van der Waals surface area (Å²) in [4.78, 5) is 3.68. The molecule has 1 aliphatic carbocycles. The molecule has 0 bridgehead atoms. The highest BCUT2D eigenvalue weighted by Gasteiger charge is 2.51. The highest BCUT2D eigenvalue weighted by Crippen LogP contribution is 2.52. The molecule has 2 aliphatic rings. The van der Waals surface area contributed by atoms with Crippen molar-refractivity contribution >= 4 is 16.1 Å². The predicted octanol–water partition coefficient (Wildman–Crippen LogP) is 5.14. The monoisotopic (exact) mass is 598 g/mol. The van der Waals surface area contributed by atoms with Crippen molar-refractivity contribution in [1.82, 2.24) is 19.1 Å². The van der Waals surface area contributed by atoms with E-state index in [2.05, 4.69) is 10.1 Å². The summed E-state index contributed by atoms with van der Waals surface area (Å²) in [5.74, 6) is -5.38. The Morgan fingerprint density at radius 1 is 1.05 bits per heavy atom. The third-order valence-corrected chi connectivity index (χ3v) is 9.98. The van der Waals surface area contributed by atoms with Crippen molar-refractivity contribution in [1.29, 1.82) is 0 Å². The van der Waals surface area contributed by atoms with E-state index in [4.69, 9.17) is 0 Å². The third kappa shape index (κ3) is 4.63. The summed E-state index contributed by atoms with van der Waals surface area (Å²) in [6, 6.07) is 10.3. The number of aromatic nitrogens is 3. The van der Waals surface area contributed by atoms with E-state index in [0.29, 0.717) is 41.2 Å². The maximum Gasteiger partial charge on any atom is 0.243 e. The Bertz CT molecular complexity index is 1800. The maximum absolute atomic E-state index is 14.0. The number of pyridine rings is 1. The second kappa shape index (κ2) is 10.4. The third-order valence-electron chi connectivity index (χ3n) is 8.16. The molecule has 1 fully saturated rings. The van der Waals surface area contributed by atoms with Gasteiger partial charge in [0.1, 0.15) is 11.9 Å².